The minimum absolute atomic E-state index is 0.806. The normalized spacial score (nSPS) is 11.7. The van der Waals surface area contributed by atoms with Gasteiger partial charge in [0.25, 0.3) is 0 Å². The molecule has 15 heavy (non-hydrogen) atoms. The van der Waals surface area contributed by atoms with Gasteiger partial charge in [-0.3, -0.25) is 0 Å². The molecule has 0 aliphatic carbocycles. The van der Waals surface area contributed by atoms with Crippen LogP contribution in [0.1, 0.15) is 5.56 Å². The highest BCUT2D eigenvalue weighted by molar-refractivity contribution is 6.60. The molecule has 0 saturated heterocycles. The van der Waals surface area contributed by atoms with E-state index in [9.17, 15) is 0 Å². The van der Waals surface area contributed by atoms with Crippen molar-refractivity contribution in [1.82, 2.24) is 0 Å². The van der Waals surface area contributed by atoms with Crippen LogP contribution in [0.5, 0.6) is 0 Å². The van der Waals surface area contributed by atoms with E-state index in [2.05, 4.69) is 12.1 Å². The lowest BCUT2D eigenvalue weighted by atomic mass is 10.2. The Bertz CT molecular complexity index is 264. The summed E-state index contributed by atoms with van der Waals surface area (Å²) in [6.45, 7) is 0. The Morgan fingerprint density at radius 3 is 1.93 bits per heavy atom. The Balaban J connectivity index is 2.54. The van der Waals surface area contributed by atoms with Crippen molar-refractivity contribution < 1.29 is 13.3 Å². The molecule has 0 heterocycles. The average molecular weight is 226 g/mol. The van der Waals surface area contributed by atoms with Gasteiger partial charge in [0.05, 0.1) is 0 Å². The van der Waals surface area contributed by atoms with Crippen LogP contribution in [0.15, 0.2) is 30.3 Å². The Labute approximate surface area is 92.3 Å². The minimum Gasteiger partial charge on any atom is -0.377 e. The zero-order chi connectivity index (χ0) is 11.1. The molecular formula is C11H18O3Si. The number of hydrogen-bond acceptors (Lipinski definition) is 3. The first-order valence-electron chi connectivity index (χ1n) is 4.95. The van der Waals surface area contributed by atoms with E-state index in [4.69, 9.17) is 13.3 Å². The van der Waals surface area contributed by atoms with Gasteiger partial charge in [-0.1, -0.05) is 30.3 Å². The Morgan fingerprint density at radius 2 is 1.47 bits per heavy atom. The van der Waals surface area contributed by atoms with Crippen LogP contribution >= 0.6 is 0 Å². The van der Waals surface area contributed by atoms with Gasteiger partial charge in [0.1, 0.15) is 0 Å². The van der Waals surface area contributed by atoms with Gasteiger partial charge in [-0.25, -0.2) is 0 Å². The molecule has 0 spiro atoms. The van der Waals surface area contributed by atoms with Crippen LogP contribution in [0, 0.1) is 0 Å². The summed E-state index contributed by atoms with van der Waals surface area (Å²) >= 11 is 0. The summed E-state index contributed by atoms with van der Waals surface area (Å²) in [5.74, 6) is 0. The highest BCUT2D eigenvalue weighted by atomic mass is 28.4. The van der Waals surface area contributed by atoms with Crippen LogP contribution in [0.25, 0.3) is 0 Å². The second kappa shape index (κ2) is 6.02. The van der Waals surface area contributed by atoms with Crippen LogP contribution in [-0.2, 0) is 19.7 Å². The molecule has 0 fully saturated rings. The molecule has 0 amide bonds. The third-order valence-corrected chi connectivity index (χ3v) is 5.22. The van der Waals surface area contributed by atoms with E-state index in [1.807, 2.05) is 18.2 Å². The van der Waals surface area contributed by atoms with Crippen molar-refractivity contribution >= 4 is 8.80 Å². The first-order valence-corrected chi connectivity index (χ1v) is 6.89. The van der Waals surface area contributed by atoms with Crippen LogP contribution in [0.2, 0.25) is 6.04 Å². The van der Waals surface area contributed by atoms with Crippen molar-refractivity contribution in [3.05, 3.63) is 35.9 Å². The summed E-state index contributed by atoms with van der Waals surface area (Å²) < 4.78 is 16.1. The molecular weight excluding hydrogens is 208 g/mol. The van der Waals surface area contributed by atoms with E-state index in [0.29, 0.717) is 0 Å². The van der Waals surface area contributed by atoms with Gasteiger partial charge in [-0.15, -0.1) is 0 Å². The second-order valence-electron chi connectivity index (χ2n) is 3.28. The molecule has 84 valence electrons. The Kier molecular flexibility index (Phi) is 4.97. The van der Waals surface area contributed by atoms with Crippen LogP contribution in [0.3, 0.4) is 0 Å². The Morgan fingerprint density at radius 1 is 0.933 bits per heavy atom. The fraction of sp³-hybridized carbons (Fsp3) is 0.455. The van der Waals surface area contributed by atoms with Gasteiger partial charge in [0.2, 0.25) is 0 Å². The quantitative estimate of drug-likeness (QED) is 0.695. The molecule has 0 atom stereocenters. The zero-order valence-corrected chi connectivity index (χ0v) is 10.5. The fourth-order valence-corrected chi connectivity index (χ4v) is 3.21. The average Bonchev–Trinajstić information content (AvgIpc) is 2.33. The highest BCUT2D eigenvalue weighted by Gasteiger charge is 2.36. The minimum atomic E-state index is -2.40. The van der Waals surface area contributed by atoms with E-state index in [1.165, 1.54) is 5.56 Å². The molecule has 0 aromatic heterocycles. The van der Waals surface area contributed by atoms with Gasteiger partial charge in [0.15, 0.2) is 0 Å². The molecule has 0 unspecified atom stereocenters. The molecule has 1 rings (SSSR count). The lowest BCUT2D eigenvalue weighted by molar-refractivity contribution is 0.123. The molecule has 1 aromatic carbocycles. The number of rotatable bonds is 6. The van der Waals surface area contributed by atoms with Gasteiger partial charge in [-0.05, 0) is 12.0 Å². The Hall–Kier alpha value is -0.683. The van der Waals surface area contributed by atoms with Crippen molar-refractivity contribution in [3.63, 3.8) is 0 Å². The van der Waals surface area contributed by atoms with E-state index in [0.717, 1.165) is 12.5 Å². The topological polar surface area (TPSA) is 27.7 Å². The molecule has 3 nitrogen and oxygen atoms in total. The summed E-state index contributed by atoms with van der Waals surface area (Å²) in [6, 6.07) is 11.1. The van der Waals surface area contributed by atoms with Crippen LogP contribution in [-0.4, -0.2) is 30.1 Å². The van der Waals surface area contributed by atoms with Crippen LogP contribution in [0.4, 0.5) is 0 Å². The maximum Gasteiger partial charge on any atom is 0.500 e. The molecule has 1 aromatic rings. The summed E-state index contributed by atoms with van der Waals surface area (Å²) in [7, 11) is 2.53. The van der Waals surface area contributed by atoms with Crippen molar-refractivity contribution in [1.29, 1.82) is 0 Å². The predicted octanol–water partition coefficient (Wildman–Crippen LogP) is 2.11. The predicted molar refractivity (Wildman–Crippen MR) is 61.7 cm³/mol. The molecule has 4 heteroatoms. The second-order valence-corrected chi connectivity index (χ2v) is 6.37. The van der Waals surface area contributed by atoms with E-state index in [1.54, 1.807) is 21.3 Å². The lowest BCUT2D eigenvalue weighted by Crippen LogP contribution is -2.43. The highest BCUT2D eigenvalue weighted by Crippen LogP contribution is 2.16. The first-order chi connectivity index (χ1) is 7.26. The maximum absolute atomic E-state index is 5.35. The molecule has 0 aliphatic rings. The van der Waals surface area contributed by atoms with E-state index in [-0.39, 0.29) is 0 Å². The smallest absolute Gasteiger partial charge is 0.377 e. The van der Waals surface area contributed by atoms with Gasteiger partial charge < -0.3 is 13.3 Å². The summed E-state index contributed by atoms with van der Waals surface area (Å²) in [5.41, 5.74) is 1.28. The SMILES string of the molecule is CO[Si](CCc1ccccc1)(OC)OC. The van der Waals surface area contributed by atoms with Crippen molar-refractivity contribution in [2.75, 3.05) is 21.3 Å². The first kappa shape index (κ1) is 12.4. The van der Waals surface area contributed by atoms with Gasteiger partial charge >= 0.3 is 8.80 Å². The zero-order valence-electron chi connectivity index (χ0n) is 9.53. The summed E-state index contributed by atoms with van der Waals surface area (Å²) in [4.78, 5) is 0. The number of hydrogen-bond donors (Lipinski definition) is 0. The summed E-state index contributed by atoms with van der Waals surface area (Å²) in [6.07, 6.45) is 0.919. The van der Waals surface area contributed by atoms with Gasteiger partial charge in [-0.2, -0.15) is 0 Å². The molecule has 0 radical (unpaired) electrons. The number of aryl methyl sites for hydroxylation is 1. The number of benzene rings is 1. The third kappa shape index (κ3) is 3.42. The molecule has 0 bridgehead atoms. The van der Waals surface area contributed by atoms with Crippen molar-refractivity contribution in [3.8, 4) is 0 Å². The maximum atomic E-state index is 5.35. The molecule has 0 saturated carbocycles. The van der Waals surface area contributed by atoms with Crippen molar-refractivity contribution in [2.45, 2.75) is 12.5 Å². The molecule has 0 aliphatic heterocycles. The third-order valence-electron chi connectivity index (χ3n) is 2.50. The summed E-state index contributed by atoms with van der Waals surface area (Å²) in [5, 5.41) is 0. The largest absolute Gasteiger partial charge is 0.500 e. The van der Waals surface area contributed by atoms with Crippen LogP contribution < -0.4 is 0 Å². The monoisotopic (exact) mass is 226 g/mol. The van der Waals surface area contributed by atoms with Crippen molar-refractivity contribution in [2.24, 2.45) is 0 Å². The molecule has 0 N–H and O–H groups in total. The fourth-order valence-electron chi connectivity index (χ4n) is 1.50. The standard InChI is InChI=1S/C11H18O3Si/c1-12-15(13-2,14-3)10-9-11-7-5-4-6-8-11/h4-8H,9-10H2,1-3H3. The lowest BCUT2D eigenvalue weighted by Gasteiger charge is -2.24. The van der Waals surface area contributed by atoms with E-state index >= 15 is 0 Å². The van der Waals surface area contributed by atoms with Gasteiger partial charge in [0, 0.05) is 27.4 Å². The van der Waals surface area contributed by atoms with E-state index < -0.39 is 8.80 Å².